The van der Waals surface area contributed by atoms with Gasteiger partial charge in [0.25, 0.3) is 0 Å². The van der Waals surface area contributed by atoms with E-state index in [9.17, 15) is 20.4 Å². The molecule has 10 atom stereocenters. The van der Waals surface area contributed by atoms with Crippen LogP contribution in [0.3, 0.4) is 0 Å². The Morgan fingerprint density at radius 2 is 1.68 bits per heavy atom. The predicted molar refractivity (Wildman–Crippen MR) is 124 cm³/mol. The molecule has 10 nitrogen and oxygen atoms in total. The fourth-order valence-corrected chi connectivity index (χ4v) is 5.59. The molecule has 0 radical (unpaired) electrons. The van der Waals surface area contributed by atoms with E-state index in [4.69, 9.17) is 14.2 Å². The summed E-state index contributed by atoms with van der Waals surface area (Å²) in [6.07, 6.45) is -3.73. The Labute approximate surface area is 200 Å². The van der Waals surface area contributed by atoms with Crippen molar-refractivity contribution in [1.82, 2.24) is 16.0 Å². The van der Waals surface area contributed by atoms with Crippen LogP contribution in [-0.2, 0) is 20.6 Å². The minimum atomic E-state index is -2.19. The smallest absolute Gasteiger partial charge is 0.249 e. The second-order valence-corrected chi connectivity index (χ2v) is 9.77. The fourth-order valence-electron chi connectivity index (χ4n) is 5.59. The first-order valence-electron chi connectivity index (χ1n) is 12.1. The van der Waals surface area contributed by atoms with Crippen molar-refractivity contribution in [3.63, 3.8) is 0 Å². The molecular formula is C24H39N3O7. The van der Waals surface area contributed by atoms with Crippen LogP contribution in [0.1, 0.15) is 25.3 Å². The normalized spacial score (nSPS) is 44.3. The molecule has 3 fully saturated rings. The Balaban J connectivity index is 1.47. The third-order valence-corrected chi connectivity index (χ3v) is 7.43. The van der Waals surface area contributed by atoms with Crippen molar-refractivity contribution >= 4 is 0 Å². The van der Waals surface area contributed by atoms with E-state index in [1.807, 2.05) is 18.2 Å². The first kappa shape index (κ1) is 25.9. The maximum Gasteiger partial charge on any atom is 0.249 e. The van der Waals surface area contributed by atoms with Crippen LogP contribution >= 0.6 is 0 Å². The molecule has 1 saturated carbocycles. The maximum atomic E-state index is 11.6. The van der Waals surface area contributed by atoms with Gasteiger partial charge in [0.2, 0.25) is 12.1 Å². The summed E-state index contributed by atoms with van der Waals surface area (Å²) in [4.78, 5) is 0. The number of fused-ring (bicyclic) bond motifs is 2. The lowest BCUT2D eigenvalue weighted by atomic mass is 9.77. The molecule has 7 N–H and O–H groups in total. The third kappa shape index (κ3) is 4.64. The molecule has 0 aromatic heterocycles. The van der Waals surface area contributed by atoms with E-state index in [-0.39, 0.29) is 13.0 Å². The van der Waals surface area contributed by atoms with E-state index in [1.165, 1.54) is 5.56 Å². The molecule has 2 saturated heterocycles. The van der Waals surface area contributed by atoms with Gasteiger partial charge in [-0.3, -0.25) is 0 Å². The molecule has 0 bridgehead atoms. The van der Waals surface area contributed by atoms with Gasteiger partial charge in [0.05, 0.1) is 24.3 Å². The molecular weight excluding hydrogens is 442 g/mol. The maximum absolute atomic E-state index is 11.6. The third-order valence-electron chi connectivity index (χ3n) is 7.43. The van der Waals surface area contributed by atoms with Crippen LogP contribution < -0.4 is 16.0 Å². The molecule has 4 rings (SSSR count). The number of nitrogens with one attached hydrogen (secondary N) is 3. The van der Waals surface area contributed by atoms with Gasteiger partial charge in [-0.25, -0.2) is 0 Å². The number of benzene rings is 1. The number of rotatable bonds is 8. The second-order valence-electron chi connectivity index (χ2n) is 9.77. The van der Waals surface area contributed by atoms with Gasteiger partial charge in [-0.05, 0) is 46.0 Å². The number of aliphatic hydroxyl groups is 4. The lowest BCUT2D eigenvalue weighted by molar-refractivity contribution is -0.482. The molecule has 0 spiro atoms. The largest absolute Gasteiger partial charge is 0.390 e. The highest BCUT2D eigenvalue weighted by Crippen LogP contribution is 2.46. The average Bonchev–Trinajstić information content (AvgIpc) is 2.80. The quantitative estimate of drug-likeness (QED) is 0.218. The first-order valence-corrected chi connectivity index (χ1v) is 12.1. The van der Waals surface area contributed by atoms with E-state index in [0.29, 0.717) is 6.54 Å². The molecule has 1 aliphatic carbocycles. The molecule has 1 unspecified atom stereocenters. The highest BCUT2D eigenvalue weighted by atomic mass is 16.8. The summed E-state index contributed by atoms with van der Waals surface area (Å²) in [5, 5.41) is 54.1. The summed E-state index contributed by atoms with van der Waals surface area (Å²) >= 11 is 0. The second kappa shape index (κ2) is 10.4. The van der Waals surface area contributed by atoms with Crippen molar-refractivity contribution in [2.75, 3.05) is 27.2 Å². The standard InChI is InChI=1S/C24H39N3O7/c1-14-12-23(30,13-27-11-7-10-15-8-5-4-6-9-15)24(31)22(32-14)33-21-19(29)16(25-2)18(28)17(26-3)20(21)34-24/h4-6,8-9,14,16-22,25-31H,7,10-13H2,1-3H3/t14-,16-,17+,18+,19+,20-,21-,22?,23-,24-/m1/s1. The lowest BCUT2D eigenvalue weighted by Crippen LogP contribution is -2.81. The molecule has 192 valence electrons. The number of aryl methyl sites for hydroxylation is 1. The summed E-state index contributed by atoms with van der Waals surface area (Å²) in [6, 6.07) is 8.84. The monoisotopic (exact) mass is 481 g/mol. The summed E-state index contributed by atoms with van der Waals surface area (Å²) in [7, 11) is 3.31. The minimum absolute atomic E-state index is 0.0672. The van der Waals surface area contributed by atoms with Crippen molar-refractivity contribution in [1.29, 1.82) is 0 Å². The van der Waals surface area contributed by atoms with Crippen molar-refractivity contribution in [3.8, 4) is 0 Å². The molecule has 2 heterocycles. The Bertz CT molecular complexity index is 804. The van der Waals surface area contributed by atoms with Crippen LogP contribution in [0.4, 0.5) is 0 Å². The minimum Gasteiger partial charge on any atom is -0.390 e. The van der Waals surface area contributed by atoms with Gasteiger partial charge in [-0.15, -0.1) is 0 Å². The number of ether oxygens (including phenoxy) is 3. The molecule has 1 aromatic rings. The molecule has 34 heavy (non-hydrogen) atoms. The van der Waals surface area contributed by atoms with Gasteiger partial charge in [0.1, 0.15) is 23.9 Å². The van der Waals surface area contributed by atoms with Gasteiger partial charge >= 0.3 is 0 Å². The summed E-state index contributed by atoms with van der Waals surface area (Å²) in [5.74, 6) is -2.19. The number of hydrogen-bond acceptors (Lipinski definition) is 10. The Kier molecular flexibility index (Phi) is 7.95. The van der Waals surface area contributed by atoms with Crippen LogP contribution in [0.2, 0.25) is 0 Å². The van der Waals surface area contributed by atoms with Crippen LogP contribution in [-0.4, -0.2) is 108 Å². The Hall–Kier alpha value is -1.18. The zero-order chi connectivity index (χ0) is 24.5. The van der Waals surface area contributed by atoms with E-state index in [1.54, 1.807) is 21.0 Å². The highest BCUT2D eigenvalue weighted by molar-refractivity contribution is 5.15. The highest BCUT2D eigenvalue weighted by Gasteiger charge is 2.68. The van der Waals surface area contributed by atoms with Gasteiger partial charge in [-0.1, -0.05) is 30.3 Å². The van der Waals surface area contributed by atoms with E-state index in [2.05, 4.69) is 28.1 Å². The lowest BCUT2D eigenvalue weighted by Gasteiger charge is -2.60. The molecule has 10 heteroatoms. The van der Waals surface area contributed by atoms with E-state index < -0.39 is 60.3 Å². The first-order chi connectivity index (χ1) is 16.2. The molecule has 2 aliphatic heterocycles. The van der Waals surface area contributed by atoms with Crippen molar-refractivity contribution in [2.24, 2.45) is 0 Å². The molecule has 0 amide bonds. The predicted octanol–water partition coefficient (Wildman–Crippen LogP) is -1.54. The fraction of sp³-hybridized carbons (Fsp3) is 0.750. The SMILES string of the molecule is CN[C@@H]1[C@H](O)[C@H](NC)[C@H]2O[C@]3(O)C(O[C@@H]2[C@H]1O)O[C@H](C)C[C@@]3(O)CNCCCc1ccccc1. The van der Waals surface area contributed by atoms with E-state index in [0.717, 1.165) is 12.8 Å². The zero-order valence-corrected chi connectivity index (χ0v) is 20.1. The number of hydrogen-bond donors (Lipinski definition) is 7. The van der Waals surface area contributed by atoms with Crippen LogP contribution in [0.5, 0.6) is 0 Å². The van der Waals surface area contributed by atoms with Crippen LogP contribution in [0.15, 0.2) is 30.3 Å². The van der Waals surface area contributed by atoms with Crippen molar-refractivity contribution < 1.29 is 34.6 Å². The topological polar surface area (TPSA) is 145 Å². The number of likely N-dealkylation sites (N-methyl/N-ethyl adjacent to an activating group) is 2. The van der Waals surface area contributed by atoms with Gasteiger partial charge in [0, 0.05) is 13.0 Å². The van der Waals surface area contributed by atoms with Crippen molar-refractivity contribution in [3.05, 3.63) is 35.9 Å². The number of aliphatic hydroxyl groups excluding tert-OH is 2. The Morgan fingerprint density at radius 3 is 2.35 bits per heavy atom. The Morgan fingerprint density at radius 1 is 0.971 bits per heavy atom. The summed E-state index contributed by atoms with van der Waals surface area (Å²) in [5.41, 5.74) is -0.468. The summed E-state index contributed by atoms with van der Waals surface area (Å²) in [6.45, 7) is 2.50. The van der Waals surface area contributed by atoms with Gasteiger partial charge < -0.3 is 50.6 Å². The van der Waals surface area contributed by atoms with Gasteiger partial charge in [-0.2, -0.15) is 0 Å². The molecule has 3 aliphatic rings. The van der Waals surface area contributed by atoms with Gasteiger partial charge in [0.15, 0.2) is 0 Å². The van der Waals surface area contributed by atoms with E-state index >= 15 is 0 Å². The zero-order valence-electron chi connectivity index (χ0n) is 20.1. The average molecular weight is 482 g/mol. The summed E-state index contributed by atoms with van der Waals surface area (Å²) < 4.78 is 18.0. The van der Waals surface area contributed by atoms with Crippen molar-refractivity contribution in [2.45, 2.75) is 86.5 Å². The van der Waals surface area contributed by atoms with Crippen LogP contribution in [0.25, 0.3) is 0 Å². The van der Waals surface area contributed by atoms with Crippen LogP contribution in [0, 0.1) is 0 Å². The molecule has 1 aromatic carbocycles.